The third-order valence-electron chi connectivity index (χ3n) is 3.53. The van der Waals surface area contributed by atoms with E-state index in [0.717, 1.165) is 5.82 Å². The molecule has 0 unspecified atom stereocenters. The summed E-state index contributed by atoms with van der Waals surface area (Å²) < 4.78 is 24.7. The second-order valence-corrected chi connectivity index (χ2v) is 8.11. The van der Waals surface area contributed by atoms with E-state index >= 15 is 0 Å². The molecule has 0 N–H and O–H groups in total. The van der Waals surface area contributed by atoms with E-state index in [0.29, 0.717) is 11.6 Å². The summed E-state index contributed by atoms with van der Waals surface area (Å²) >= 11 is 1.31. The van der Waals surface area contributed by atoms with E-state index in [1.165, 1.54) is 11.8 Å². The molecule has 0 spiro atoms. The predicted octanol–water partition coefficient (Wildman–Crippen LogP) is -0.139. The number of carbonyl (C=O) groups excluding carboxylic acids is 1. The Kier molecular flexibility index (Phi) is 4.38. The van der Waals surface area contributed by atoms with E-state index in [-0.39, 0.29) is 29.2 Å². The van der Waals surface area contributed by atoms with Crippen molar-refractivity contribution in [3.63, 3.8) is 0 Å². The maximum Gasteiger partial charge on any atom is 0.233 e. The molecule has 112 valence electrons. The summed E-state index contributed by atoms with van der Waals surface area (Å²) in [5.41, 5.74) is 0. The lowest BCUT2D eigenvalue weighted by Crippen LogP contribution is -2.38. The highest BCUT2D eigenvalue weighted by atomic mass is 32.2. The summed E-state index contributed by atoms with van der Waals surface area (Å²) in [6.45, 7) is 1.84. The van der Waals surface area contributed by atoms with Crippen molar-refractivity contribution in [1.82, 2.24) is 19.7 Å². The van der Waals surface area contributed by atoms with E-state index in [9.17, 15) is 13.2 Å². The van der Waals surface area contributed by atoms with Crippen LogP contribution in [0, 0.1) is 6.92 Å². The average molecular weight is 318 g/mol. The molecule has 1 amide bonds. The maximum atomic E-state index is 12.1. The first-order valence-electron chi connectivity index (χ1n) is 6.25. The van der Waals surface area contributed by atoms with E-state index in [2.05, 4.69) is 10.2 Å². The minimum atomic E-state index is -2.97. The second-order valence-electron chi connectivity index (χ2n) is 4.94. The van der Waals surface area contributed by atoms with Crippen molar-refractivity contribution in [1.29, 1.82) is 0 Å². The second kappa shape index (κ2) is 5.72. The van der Waals surface area contributed by atoms with Crippen molar-refractivity contribution >= 4 is 27.5 Å². The van der Waals surface area contributed by atoms with Crippen molar-refractivity contribution in [3.8, 4) is 0 Å². The molecule has 1 aromatic heterocycles. The zero-order valence-corrected chi connectivity index (χ0v) is 13.4. The first-order chi connectivity index (χ1) is 9.30. The van der Waals surface area contributed by atoms with Gasteiger partial charge in [0.2, 0.25) is 5.91 Å². The van der Waals surface area contributed by atoms with Crippen molar-refractivity contribution < 1.29 is 13.2 Å². The topological polar surface area (TPSA) is 85.2 Å². The van der Waals surface area contributed by atoms with Crippen LogP contribution < -0.4 is 0 Å². The molecule has 1 aliphatic heterocycles. The van der Waals surface area contributed by atoms with E-state index in [1.807, 2.05) is 18.5 Å². The highest BCUT2D eigenvalue weighted by Gasteiger charge is 2.32. The fourth-order valence-electron chi connectivity index (χ4n) is 2.03. The van der Waals surface area contributed by atoms with Crippen LogP contribution >= 0.6 is 11.8 Å². The zero-order valence-electron chi connectivity index (χ0n) is 11.7. The molecule has 7 nitrogen and oxygen atoms in total. The molecular weight excluding hydrogens is 300 g/mol. The van der Waals surface area contributed by atoms with Gasteiger partial charge in [-0.25, -0.2) is 8.42 Å². The van der Waals surface area contributed by atoms with Crippen LogP contribution in [0.5, 0.6) is 0 Å². The van der Waals surface area contributed by atoms with Gasteiger partial charge >= 0.3 is 0 Å². The number of nitrogens with zero attached hydrogens (tertiary/aromatic N) is 4. The summed E-state index contributed by atoms with van der Waals surface area (Å²) in [7, 11) is 0.534. The molecular formula is C11H18N4O3S2. The van der Waals surface area contributed by atoms with Crippen LogP contribution in [0.4, 0.5) is 0 Å². The Morgan fingerprint density at radius 1 is 1.50 bits per heavy atom. The minimum absolute atomic E-state index is 0.0724. The van der Waals surface area contributed by atoms with Crippen LogP contribution in [0.15, 0.2) is 5.16 Å². The monoisotopic (exact) mass is 318 g/mol. The smallest absolute Gasteiger partial charge is 0.233 e. The third kappa shape index (κ3) is 3.32. The maximum absolute atomic E-state index is 12.1. The summed E-state index contributed by atoms with van der Waals surface area (Å²) in [4.78, 5) is 13.6. The standard InChI is InChI=1S/C11H18N4O3S2/c1-8-12-13-11(14(8)2)19-6-10(16)15(3)9-4-5-20(17,18)7-9/h9H,4-7H2,1-3H3/t9-/m1/s1. The fraction of sp³-hybridized carbons (Fsp3) is 0.727. The number of sulfone groups is 1. The van der Waals surface area contributed by atoms with Gasteiger partial charge in [-0.2, -0.15) is 0 Å². The van der Waals surface area contributed by atoms with Gasteiger partial charge in [0.1, 0.15) is 5.82 Å². The Labute approximate surface area is 122 Å². The van der Waals surface area contributed by atoms with Crippen LogP contribution in [-0.4, -0.2) is 64.3 Å². The molecule has 0 aliphatic carbocycles. The largest absolute Gasteiger partial charge is 0.341 e. The summed E-state index contributed by atoms with van der Waals surface area (Å²) in [5.74, 6) is 1.18. The lowest BCUT2D eigenvalue weighted by Gasteiger charge is -2.23. The molecule has 2 heterocycles. The van der Waals surface area contributed by atoms with Gasteiger partial charge in [-0.3, -0.25) is 4.79 Å². The molecule has 1 atom stereocenters. The Morgan fingerprint density at radius 2 is 2.20 bits per heavy atom. The molecule has 20 heavy (non-hydrogen) atoms. The molecule has 0 bridgehead atoms. The lowest BCUT2D eigenvalue weighted by atomic mass is 10.2. The average Bonchev–Trinajstić information content (AvgIpc) is 2.90. The summed E-state index contributed by atoms with van der Waals surface area (Å²) in [5, 5.41) is 8.58. The normalized spacial score (nSPS) is 21.1. The molecule has 0 radical (unpaired) electrons. The highest BCUT2D eigenvalue weighted by Crippen LogP contribution is 2.20. The van der Waals surface area contributed by atoms with Crippen LogP contribution in [0.3, 0.4) is 0 Å². The molecule has 1 aliphatic rings. The molecule has 1 saturated heterocycles. The minimum Gasteiger partial charge on any atom is -0.341 e. The molecule has 2 rings (SSSR count). The number of hydrogen-bond donors (Lipinski definition) is 0. The van der Waals surface area contributed by atoms with E-state index in [4.69, 9.17) is 0 Å². The lowest BCUT2D eigenvalue weighted by molar-refractivity contribution is -0.128. The first-order valence-corrected chi connectivity index (χ1v) is 9.06. The van der Waals surface area contributed by atoms with Crippen LogP contribution in [0.2, 0.25) is 0 Å². The van der Waals surface area contributed by atoms with Crippen molar-refractivity contribution in [2.45, 2.75) is 24.5 Å². The molecule has 9 heteroatoms. The summed E-state index contributed by atoms with van der Waals surface area (Å²) in [6, 6.07) is -0.200. The van der Waals surface area contributed by atoms with Crippen LogP contribution in [0.1, 0.15) is 12.2 Å². The molecule has 1 fully saturated rings. The summed E-state index contributed by atoms with van der Waals surface area (Å²) in [6.07, 6.45) is 0.526. The Bertz CT molecular complexity index is 611. The number of aromatic nitrogens is 3. The highest BCUT2D eigenvalue weighted by molar-refractivity contribution is 7.99. The third-order valence-corrected chi connectivity index (χ3v) is 6.28. The molecule has 0 aromatic carbocycles. The first kappa shape index (κ1) is 15.3. The Balaban J connectivity index is 1.90. The van der Waals surface area contributed by atoms with E-state index < -0.39 is 9.84 Å². The predicted molar refractivity (Wildman–Crippen MR) is 76.3 cm³/mol. The van der Waals surface area contributed by atoms with Crippen molar-refractivity contribution in [2.24, 2.45) is 7.05 Å². The van der Waals surface area contributed by atoms with Crippen molar-refractivity contribution in [2.75, 3.05) is 24.3 Å². The van der Waals surface area contributed by atoms with Gasteiger partial charge in [-0.1, -0.05) is 11.8 Å². The quantitative estimate of drug-likeness (QED) is 0.719. The number of amides is 1. The Hall–Kier alpha value is -1.09. The van der Waals surface area contributed by atoms with Gasteiger partial charge in [0.25, 0.3) is 0 Å². The van der Waals surface area contributed by atoms with Gasteiger partial charge in [-0.05, 0) is 13.3 Å². The van der Waals surface area contributed by atoms with Crippen LogP contribution in [0.25, 0.3) is 0 Å². The van der Waals surface area contributed by atoms with E-state index in [1.54, 1.807) is 11.9 Å². The van der Waals surface area contributed by atoms with Crippen LogP contribution in [-0.2, 0) is 21.7 Å². The number of hydrogen-bond acceptors (Lipinski definition) is 6. The number of thioether (sulfide) groups is 1. The molecule has 0 saturated carbocycles. The van der Waals surface area contributed by atoms with Gasteiger partial charge in [-0.15, -0.1) is 10.2 Å². The Morgan fingerprint density at radius 3 is 2.70 bits per heavy atom. The van der Waals surface area contributed by atoms with Gasteiger partial charge in [0, 0.05) is 20.1 Å². The van der Waals surface area contributed by atoms with Gasteiger partial charge in [0.15, 0.2) is 15.0 Å². The van der Waals surface area contributed by atoms with Gasteiger partial charge in [0.05, 0.1) is 17.3 Å². The number of aryl methyl sites for hydroxylation is 1. The molecule has 1 aromatic rings. The van der Waals surface area contributed by atoms with Gasteiger partial charge < -0.3 is 9.47 Å². The zero-order chi connectivity index (χ0) is 14.9. The van der Waals surface area contributed by atoms with Crippen molar-refractivity contribution in [3.05, 3.63) is 5.82 Å². The SMILES string of the molecule is Cc1nnc(SCC(=O)N(C)[C@@H]2CCS(=O)(=O)C2)n1C. The number of rotatable bonds is 4. The fourth-order valence-corrected chi connectivity index (χ4v) is 4.68. The number of carbonyl (C=O) groups is 1.